The van der Waals surface area contributed by atoms with E-state index >= 15 is 0 Å². The van der Waals surface area contributed by atoms with Crippen molar-refractivity contribution < 1.29 is 4.79 Å². The lowest BCUT2D eigenvalue weighted by Gasteiger charge is -2.34. The molecule has 1 aromatic rings. The minimum Gasteiger partial charge on any atom is -0.333 e. The van der Waals surface area contributed by atoms with Crippen LogP contribution in [0.3, 0.4) is 0 Å². The van der Waals surface area contributed by atoms with Crippen LogP contribution >= 0.6 is 11.3 Å². The topological polar surface area (TPSA) is 46.3 Å². The Bertz CT molecular complexity index is 441. The zero-order chi connectivity index (χ0) is 14.0. The van der Waals surface area contributed by atoms with Gasteiger partial charge in [-0.1, -0.05) is 13.8 Å². The molecule has 2 rings (SSSR count). The molecule has 0 aliphatic carbocycles. The Balaban J connectivity index is 2.33. The summed E-state index contributed by atoms with van der Waals surface area (Å²) in [5, 5.41) is 0. The predicted octanol–water partition coefficient (Wildman–Crippen LogP) is 3.09. The number of hydrogen-bond acceptors (Lipinski definition) is 3. The summed E-state index contributed by atoms with van der Waals surface area (Å²) < 4.78 is 0. The van der Waals surface area contributed by atoms with Gasteiger partial charge in [-0.3, -0.25) is 4.79 Å². The average molecular weight is 280 g/mol. The van der Waals surface area contributed by atoms with Crippen LogP contribution in [-0.4, -0.2) is 23.4 Å². The Morgan fingerprint density at radius 1 is 1.47 bits per heavy atom. The highest BCUT2D eigenvalue weighted by atomic mass is 32.1. The molecular weight excluding hydrogens is 256 g/mol. The summed E-state index contributed by atoms with van der Waals surface area (Å²) in [6.07, 6.45) is 2.48. The molecule has 1 aromatic heterocycles. The monoisotopic (exact) mass is 280 g/mol. The number of rotatable bonds is 3. The minimum absolute atomic E-state index is 0.0586. The van der Waals surface area contributed by atoms with Crippen molar-refractivity contribution in [1.82, 2.24) is 4.90 Å². The van der Waals surface area contributed by atoms with Crippen molar-refractivity contribution >= 4 is 17.2 Å². The smallest absolute Gasteiger partial charge is 0.223 e. The van der Waals surface area contributed by atoms with E-state index in [1.54, 1.807) is 11.3 Å². The summed E-state index contributed by atoms with van der Waals surface area (Å²) in [6, 6.07) is 4.38. The van der Waals surface area contributed by atoms with Crippen molar-refractivity contribution in [2.45, 2.75) is 52.1 Å². The standard InChI is InChI=1S/C15H24N2OS/c1-10(2)9-17-14(18)6-4-5-12(16)15(17)13-8-7-11(3)19-13/h7-8,10,12,15H,4-6,9,16H2,1-3H3. The molecule has 1 aliphatic rings. The van der Waals surface area contributed by atoms with Gasteiger partial charge in [0.05, 0.1) is 6.04 Å². The molecule has 0 saturated carbocycles. The Morgan fingerprint density at radius 2 is 2.21 bits per heavy atom. The Morgan fingerprint density at radius 3 is 2.79 bits per heavy atom. The van der Waals surface area contributed by atoms with Crippen LogP contribution in [0.4, 0.5) is 0 Å². The molecule has 19 heavy (non-hydrogen) atoms. The first-order chi connectivity index (χ1) is 8.99. The summed E-state index contributed by atoms with van der Waals surface area (Å²) in [4.78, 5) is 16.9. The van der Waals surface area contributed by atoms with E-state index in [1.807, 2.05) is 4.90 Å². The maximum absolute atomic E-state index is 12.4. The van der Waals surface area contributed by atoms with Crippen molar-refractivity contribution in [3.05, 3.63) is 21.9 Å². The van der Waals surface area contributed by atoms with E-state index in [0.29, 0.717) is 12.3 Å². The Hall–Kier alpha value is -0.870. The molecular formula is C15H24N2OS. The van der Waals surface area contributed by atoms with Crippen molar-refractivity contribution in [3.8, 4) is 0 Å². The molecule has 0 spiro atoms. The van der Waals surface area contributed by atoms with Gasteiger partial charge >= 0.3 is 0 Å². The number of carbonyl (C=O) groups excluding carboxylic acids is 1. The second-order valence-corrected chi connectivity index (χ2v) is 7.21. The zero-order valence-corrected chi connectivity index (χ0v) is 12.9. The maximum Gasteiger partial charge on any atom is 0.223 e. The number of nitrogens with zero attached hydrogens (tertiary/aromatic N) is 1. The van der Waals surface area contributed by atoms with Crippen LogP contribution in [-0.2, 0) is 4.79 Å². The van der Waals surface area contributed by atoms with Crippen LogP contribution in [0.25, 0.3) is 0 Å². The van der Waals surface area contributed by atoms with E-state index in [9.17, 15) is 4.79 Å². The quantitative estimate of drug-likeness (QED) is 0.925. The lowest BCUT2D eigenvalue weighted by Crippen LogP contribution is -2.43. The van der Waals surface area contributed by atoms with Crippen LogP contribution in [0.2, 0.25) is 0 Å². The fraction of sp³-hybridized carbons (Fsp3) is 0.667. The Kier molecular flexibility index (Phi) is 4.63. The van der Waals surface area contributed by atoms with E-state index in [4.69, 9.17) is 5.73 Å². The summed E-state index contributed by atoms with van der Waals surface area (Å²) >= 11 is 1.77. The molecule has 0 bridgehead atoms. The largest absolute Gasteiger partial charge is 0.333 e. The molecule has 1 amide bonds. The number of nitrogens with two attached hydrogens (primary N) is 1. The van der Waals surface area contributed by atoms with Gasteiger partial charge in [-0.05, 0) is 37.8 Å². The third-order valence-electron chi connectivity index (χ3n) is 3.60. The molecule has 3 nitrogen and oxygen atoms in total. The lowest BCUT2D eigenvalue weighted by atomic mass is 10.0. The normalized spacial score (nSPS) is 24.9. The first kappa shape index (κ1) is 14.5. The van der Waals surface area contributed by atoms with Gasteiger partial charge in [0.25, 0.3) is 0 Å². The second-order valence-electron chi connectivity index (χ2n) is 5.89. The third-order valence-corrected chi connectivity index (χ3v) is 4.68. The van der Waals surface area contributed by atoms with Crippen LogP contribution in [0.15, 0.2) is 12.1 Å². The summed E-state index contributed by atoms with van der Waals surface area (Å²) in [5.74, 6) is 0.732. The molecule has 0 radical (unpaired) electrons. The number of thiophene rings is 1. The van der Waals surface area contributed by atoms with E-state index in [2.05, 4.69) is 32.9 Å². The van der Waals surface area contributed by atoms with Gasteiger partial charge in [0.15, 0.2) is 0 Å². The SMILES string of the molecule is Cc1ccc(C2C(N)CCCC(=O)N2CC(C)C)s1. The molecule has 1 fully saturated rings. The van der Waals surface area contributed by atoms with Gasteiger partial charge in [-0.25, -0.2) is 0 Å². The summed E-state index contributed by atoms with van der Waals surface area (Å²) in [7, 11) is 0. The number of carbonyl (C=O) groups is 1. The molecule has 2 atom stereocenters. The first-order valence-corrected chi connectivity index (χ1v) is 7.92. The maximum atomic E-state index is 12.4. The molecule has 0 aromatic carbocycles. The van der Waals surface area contributed by atoms with E-state index in [-0.39, 0.29) is 18.0 Å². The van der Waals surface area contributed by atoms with Crippen LogP contribution in [0.5, 0.6) is 0 Å². The third kappa shape index (κ3) is 3.37. The van der Waals surface area contributed by atoms with Gasteiger partial charge in [-0.2, -0.15) is 0 Å². The average Bonchev–Trinajstić information content (AvgIpc) is 2.68. The van der Waals surface area contributed by atoms with E-state index in [1.165, 1.54) is 9.75 Å². The highest BCUT2D eigenvalue weighted by Crippen LogP contribution is 2.34. The fourth-order valence-electron chi connectivity index (χ4n) is 2.76. The number of likely N-dealkylation sites (tertiary alicyclic amines) is 1. The van der Waals surface area contributed by atoms with E-state index in [0.717, 1.165) is 19.4 Å². The van der Waals surface area contributed by atoms with Crippen molar-refractivity contribution in [2.75, 3.05) is 6.54 Å². The Labute approximate surface area is 119 Å². The number of amides is 1. The molecule has 1 aliphatic heterocycles. The number of aryl methyl sites for hydroxylation is 1. The molecule has 1 saturated heterocycles. The lowest BCUT2D eigenvalue weighted by molar-refractivity contribution is -0.133. The van der Waals surface area contributed by atoms with Crippen LogP contribution in [0, 0.1) is 12.8 Å². The molecule has 2 N–H and O–H groups in total. The fourth-order valence-corrected chi connectivity index (χ4v) is 3.83. The minimum atomic E-state index is 0.0586. The second kappa shape index (κ2) is 6.06. The predicted molar refractivity (Wildman–Crippen MR) is 80.2 cm³/mol. The van der Waals surface area contributed by atoms with Gasteiger partial charge in [0.2, 0.25) is 5.91 Å². The molecule has 2 unspecified atom stereocenters. The highest BCUT2D eigenvalue weighted by molar-refractivity contribution is 7.12. The van der Waals surface area contributed by atoms with Crippen LogP contribution < -0.4 is 5.73 Å². The van der Waals surface area contributed by atoms with Crippen molar-refractivity contribution in [1.29, 1.82) is 0 Å². The first-order valence-electron chi connectivity index (χ1n) is 7.10. The molecule has 106 valence electrons. The van der Waals surface area contributed by atoms with Crippen LogP contribution in [0.1, 0.15) is 48.9 Å². The highest BCUT2D eigenvalue weighted by Gasteiger charge is 2.33. The van der Waals surface area contributed by atoms with Crippen molar-refractivity contribution in [3.63, 3.8) is 0 Å². The van der Waals surface area contributed by atoms with Gasteiger partial charge < -0.3 is 10.6 Å². The number of hydrogen-bond donors (Lipinski definition) is 1. The van der Waals surface area contributed by atoms with E-state index < -0.39 is 0 Å². The zero-order valence-electron chi connectivity index (χ0n) is 12.1. The van der Waals surface area contributed by atoms with Gasteiger partial charge in [0, 0.05) is 28.8 Å². The summed E-state index contributed by atoms with van der Waals surface area (Å²) in [5.41, 5.74) is 6.36. The summed E-state index contributed by atoms with van der Waals surface area (Å²) in [6.45, 7) is 7.21. The van der Waals surface area contributed by atoms with Crippen molar-refractivity contribution in [2.24, 2.45) is 11.7 Å². The molecule has 2 heterocycles. The van der Waals surface area contributed by atoms with Gasteiger partial charge in [0.1, 0.15) is 0 Å². The van der Waals surface area contributed by atoms with Gasteiger partial charge in [-0.15, -0.1) is 11.3 Å². The molecule has 4 heteroatoms.